The van der Waals surface area contributed by atoms with Crippen molar-refractivity contribution in [2.45, 2.75) is 19.9 Å². The van der Waals surface area contributed by atoms with Crippen molar-refractivity contribution >= 4 is 11.8 Å². The van der Waals surface area contributed by atoms with Gasteiger partial charge < -0.3 is 14.6 Å². The van der Waals surface area contributed by atoms with Gasteiger partial charge in [-0.05, 0) is 13.3 Å². The summed E-state index contributed by atoms with van der Waals surface area (Å²) in [4.78, 5) is 4.46. The first kappa shape index (κ1) is 12.6. The van der Waals surface area contributed by atoms with E-state index >= 15 is 0 Å². The molecule has 2 heterocycles. The van der Waals surface area contributed by atoms with E-state index < -0.39 is 0 Å². The van der Waals surface area contributed by atoms with Gasteiger partial charge in [0.15, 0.2) is 5.82 Å². The summed E-state index contributed by atoms with van der Waals surface area (Å²) < 4.78 is 8.91. The van der Waals surface area contributed by atoms with Gasteiger partial charge in [0.25, 0.3) is 0 Å². The molecule has 98 valence electrons. The van der Waals surface area contributed by atoms with E-state index in [0.29, 0.717) is 0 Å². The molecule has 2 aromatic rings. The largest absolute Gasteiger partial charge is 0.385 e. The van der Waals surface area contributed by atoms with Gasteiger partial charge in [0.1, 0.15) is 0 Å². The molecule has 0 saturated carbocycles. The molecule has 2 rings (SSSR count). The molecule has 1 N–H and O–H groups in total. The summed E-state index contributed by atoms with van der Waals surface area (Å²) in [5, 5.41) is 7.50. The SMILES string of the molecule is COCCCn1cc(C)nc1Nc1ccn(C)n1. The van der Waals surface area contributed by atoms with Crippen molar-refractivity contribution in [3.8, 4) is 0 Å². The number of anilines is 2. The van der Waals surface area contributed by atoms with Crippen LogP contribution in [0.25, 0.3) is 0 Å². The van der Waals surface area contributed by atoms with Gasteiger partial charge in [0.2, 0.25) is 5.95 Å². The molecule has 0 unspecified atom stereocenters. The molecular weight excluding hydrogens is 230 g/mol. The Bertz CT molecular complexity index is 502. The quantitative estimate of drug-likeness (QED) is 0.792. The number of ether oxygens (including phenoxy) is 1. The highest BCUT2D eigenvalue weighted by molar-refractivity contribution is 5.47. The lowest BCUT2D eigenvalue weighted by Crippen LogP contribution is -2.05. The Morgan fingerprint density at radius 1 is 1.44 bits per heavy atom. The van der Waals surface area contributed by atoms with Crippen molar-refractivity contribution in [1.29, 1.82) is 0 Å². The molecule has 6 heteroatoms. The van der Waals surface area contributed by atoms with E-state index in [1.165, 1.54) is 0 Å². The third-order valence-corrected chi connectivity index (χ3v) is 2.60. The van der Waals surface area contributed by atoms with Crippen LogP contribution in [0.4, 0.5) is 11.8 Å². The number of nitrogens with one attached hydrogen (secondary N) is 1. The number of nitrogens with zero attached hydrogens (tertiary/aromatic N) is 4. The Labute approximate surface area is 107 Å². The fraction of sp³-hybridized carbons (Fsp3) is 0.500. The zero-order valence-corrected chi connectivity index (χ0v) is 11.1. The highest BCUT2D eigenvalue weighted by Gasteiger charge is 2.07. The zero-order chi connectivity index (χ0) is 13.0. The number of imidazole rings is 1. The topological polar surface area (TPSA) is 56.9 Å². The predicted octanol–water partition coefficient (Wildman–Crippen LogP) is 1.71. The maximum atomic E-state index is 5.06. The van der Waals surface area contributed by atoms with Crippen molar-refractivity contribution in [3.63, 3.8) is 0 Å². The number of hydrogen-bond donors (Lipinski definition) is 1. The molecule has 0 atom stereocenters. The van der Waals surface area contributed by atoms with Crippen molar-refractivity contribution in [2.24, 2.45) is 7.05 Å². The number of hydrogen-bond acceptors (Lipinski definition) is 4. The van der Waals surface area contributed by atoms with Gasteiger partial charge in [-0.15, -0.1) is 0 Å². The molecule has 0 fully saturated rings. The molecule has 18 heavy (non-hydrogen) atoms. The van der Waals surface area contributed by atoms with Crippen LogP contribution in [0.15, 0.2) is 18.5 Å². The summed E-state index contributed by atoms with van der Waals surface area (Å²) in [5.41, 5.74) is 0.992. The van der Waals surface area contributed by atoms with Crippen molar-refractivity contribution in [1.82, 2.24) is 19.3 Å². The molecule has 0 aliphatic heterocycles. The summed E-state index contributed by atoms with van der Waals surface area (Å²) in [5.74, 6) is 1.62. The number of rotatable bonds is 6. The Hall–Kier alpha value is -1.82. The van der Waals surface area contributed by atoms with Gasteiger partial charge in [0.05, 0.1) is 5.69 Å². The summed E-state index contributed by atoms with van der Waals surface area (Å²) in [6, 6.07) is 1.92. The lowest BCUT2D eigenvalue weighted by molar-refractivity contribution is 0.190. The maximum Gasteiger partial charge on any atom is 0.208 e. The molecular formula is C12H19N5O. The van der Waals surface area contributed by atoms with Crippen LogP contribution in [0.5, 0.6) is 0 Å². The van der Waals surface area contributed by atoms with Gasteiger partial charge in [-0.2, -0.15) is 5.10 Å². The maximum absolute atomic E-state index is 5.06. The van der Waals surface area contributed by atoms with Gasteiger partial charge in [-0.3, -0.25) is 4.68 Å². The Balaban J connectivity index is 2.06. The third kappa shape index (κ3) is 3.10. The fourth-order valence-electron chi connectivity index (χ4n) is 1.79. The van der Waals surface area contributed by atoms with Crippen LogP contribution in [0.2, 0.25) is 0 Å². The lowest BCUT2D eigenvalue weighted by Gasteiger charge is -2.07. The molecule has 0 aliphatic carbocycles. The Morgan fingerprint density at radius 3 is 2.94 bits per heavy atom. The molecule has 0 bridgehead atoms. The minimum atomic E-state index is 0.750. The first-order chi connectivity index (χ1) is 8.69. The second-order valence-corrected chi connectivity index (χ2v) is 4.25. The van der Waals surface area contributed by atoms with E-state index in [4.69, 9.17) is 4.74 Å². The highest BCUT2D eigenvalue weighted by Crippen LogP contribution is 2.14. The van der Waals surface area contributed by atoms with Crippen LogP contribution < -0.4 is 5.32 Å². The average molecular weight is 249 g/mol. The molecule has 0 saturated heterocycles. The summed E-state index contributed by atoms with van der Waals surface area (Å²) >= 11 is 0. The van der Waals surface area contributed by atoms with Gasteiger partial charge in [0, 0.05) is 45.8 Å². The standard InChI is InChI=1S/C12H19N5O/c1-10-9-17(6-4-8-18-3)12(13-10)14-11-5-7-16(2)15-11/h5,7,9H,4,6,8H2,1-3H3,(H,13,14,15). The second-order valence-electron chi connectivity index (χ2n) is 4.25. The fourth-order valence-corrected chi connectivity index (χ4v) is 1.79. The summed E-state index contributed by atoms with van der Waals surface area (Å²) in [6.07, 6.45) is 4.89. The van der Waals surface area contributed by atoms with Crippen LogP contribution in [0, 0.1) is 6.92 Å². The van der Waals surface area contributed by atoms with Crippen LogP contribution >= 0.6 is 0 Å². The van der Waals surface area contributed by atoms with Crippen LogP contribution in [0.1, 0.15) is 12.1 Å². The molecule has 6 nitrogen and oxygen atoms in total. The Kier molecular flexibility index (Phi) is 3.99. The van der Waals surface area contributed by atoms with Gasteiger partial charge in [-0.25, -0.2) is 4.98 Å². The van der Waals surface area contributed by atoms with E-state index in [2.05, 4.69) is 20.0 Å². The van der Waals surface area contributed by atoms with Crippen molar-refractivity contribution in [3.05, 3.63) is 24.2 Å². The monoisotopic (exact) mass is 249 g/mol. The first-order valence-corrected chi connectivity index (χ1v) is 5.98. The predicted molar refractivity (Wildman–Crippen MR) is 69.9 cm³/mol. The Morgan fingerprint density at radius 2 is 2.28 bits per heavy atom. The highest BCUT2D eigenvalue weighted by atomic mass is 16.5. The third-order valence-electron chi connectivity index (χ3n) is 2.60. The molecule has 0 aromatic carbocycles. The lowest BCUT2D eigenvalue weighted by atomic mass is 10.4. The van der Waals surface area contributed by atoms with Gasteiger partial charge in [-0.1, -0.05) is 0 Å². The first-order valence-electron chi connectivity index (χ1n) is 5.98. The van der Waals surface area contributed by atoms with Crippen LogP contribution in [-0.4, -0.2) is 33.0 Å². The molecule has 0 spiro atoms. The van der Waals surface area contributed by atoms with E-state index in [-0.39, 0.29) is 0 Å². The number of aryl methyl sites for hydroxylation is 3. The smallest absolute Gasteiger partial charge is 0.208 e. The molecule has 0 amide bonds. The number of aromatic nitrogens is 4. The number of methoxy groups -OCH3 is 1. The van der Waals surface area contributed by atoms with E-state index in [0.717, 1.165) is 37.0 Å². The average Bonchev–Trinajstić information content (AvgIpc) is 2.87. The summed E-state index contributed by atoms with van der Waals surface area (Å²) in [7, 11) is 3.60. The van der Waals surface area contributed by atoms with E-state index in [9.17, 15) is 0 Å². The zero-order valence-electron chi connectivity index (χ0n) is 11.1. The normalized spacial score (nSPS) is 10.8. The molecule has 2 aromatic heterocycles. The summed E-state index contributed by atoms with van der Waals surface area (Å²) in [6.45, 7) is 3.61. The van der Waals surface area contributed by atoms with Crippen molar-refractivity contribution in [2.75, 3.05) is 19.0 Å². The van der Waals surface area contributed by atoms with Crippen LogP contribution in [0.3, 0.4) is 0 Å². The molecule has 0 aliphatic rings. The second kappa shape index (κ2) is 5.68. The minimum Gasteiger partial charge on any atom is -0.385 e. The van der Waals surface area contributed by atoms with Crippen LogP contribution in [-0.2, 0) is 18.3 Å². The minimum absolute atomic E-state index is 0.750. The molecule has 0 radical (unpaired) electrons. The van der Waals surface area contributed by atoms with Crippen molar-refractivity contribution < 1.29 is 4.74 Å². The van der Waals surface area contributed by atoms with Gasteiger partial charge >= 0.3 is 0 Å². The van der Waals surface area contributed by atoms with E-state index in [1.54, 1.807) is 11.8 Å². The van der Waals surface area contributed by atoms with E-state index in [1.807, 2.05) is 32.4 Å².